The van der Waals surface area contributed by atoms with E-state index in [1.165, 1.54) is 27.1 Å². The summed E-state index contributed by atoms with van der Waals surface area (Å²) in [5, 5.41) is 3.27. The van der Waals surface area contributed by atoms with Crippen LogP contribution in [-0.4, -0.2) is 7.05 Å². The molecule has 0 saturated carbocycles. The molecule has 1 unspecified atom stereocenters. The lowest BCUT2D eigenvalue weighted by atomic mass is 10.1. The number of nitrogens with one attached hydrogen (secondary N) is 1. The smallest absolute Gasteiger partial charge is 0.0289 e. The van der Waals surface area contributed by atoms with E-state index in [-0.39, 0.29) is 0 Å². The molecule has 2 aromatic rings. The van der Waals surface area contributed by atoms with Crippen molar-refractivity contribution < 1.29 is 0 Å². The normalized spacial score (nSPS) is 12.4. The average Bonchev–Trinajstić information content (AvgIpc) is 2.48. The Bertz CT molecular complexity index is 560. The van der Waals surface area contributed by atoms with E-state index in [1.807, 2.05) is 18.8 Å². The van der Waals surface area contributed by atoms with E-state index in [0.717, 1.165) is 5.75 Å². The zero-order valence-electron chi connectivity index (χ0n) is 12.7. The maximum Gasteiger partial charge on any atom is 0.0289 e. The molecule has 0 saturated heterocycles. The molecule has 2 rings (SSSR count). The van der Waals surface area contributed by atoms with Gasteiger partial charge < -0.3 is 5.32 Å². The van der Waals surface area contributed by atoms with E-state index >= 15 is 0 Å². The van der Waals surface area contributed by atoms with Gasteiger partial charge in [-0.15, -0.1) is 11.8 Å². The molecular formula is C18H23NS. The zero-order chi connectivity index (χ0) is 14.5. The Kier molecular flexibility index (Phi) is 5.27. The van der Waals surface area contributed by atoms with Crippen LogP contribution in [0.1, 0.15) is 35.2 Å². The van der Waals surface area contributed by atoms with Crippen LogP contribution in [0.2, 0.25) is 0 Å². The van der Waals surface area contributed by atoms with Gasteiger partial charge in [-0.2, -0.15) is 0 Å². The van der Waals surface area contributed by atoms with E-state index in [4.69, 9.17) is 0 Å². The molecule has 1 N–H and O–H groups in total. The number of hydrogen-bond donors (Lipinski definition) is 1. The van der Waals surface area contributed by atoms with Crippen LogP contribution in [0.4, 0.5) is 0 Å². The summed E-state index contributed by atoms with van der Waals surface area (Å²) in [7, 11) is 1.99. The van der Waals surface area contributed by atoms with E-state index in [1.54, 1.807) is 0 Å². The molecule has 0 bridgehead atoms. The molecule has 0 heterocycles. The Hall–Kier alpha value is -1.25. The third-order valence-electron chi connectivity index (χ3n) is 3.71. The Labute approximate surface area is 126 Å². The van der Waals surface area contributed by atoms with Crippen molar-refractivity contribution in [3.8, 4) is 0 Å². The summed E-state index contributed by atoms with van der Waals surface area (Å²) in [6, 6.07) is 16.0. The van der Waals surface area contributed by atoms with Crippen molar-refractivity contribution in [3.05, 3.63) is 64.7 Å². The van der Waals surface area contributed by atoms with Crippen LogP contribution >= 0.6 is 11.8 Å². The molecule has 106 valence electrons. The molecule has 20 heavy (non-hydrogen) atoms. The first-order valence-corrected chi connectivity index (χ1v) is 8.05. The van der Waals surface area contributed by atoms with Gasteiger partial charge in [0.2, 0.25) is 0 Å². The Morgan fingerprint density at radius 2 is 1.75 bits per heavy atom. The highest BCUT2D eigenvalue weighted by Crippen LogP contribution is 2.26. The number of aryl methyl sites for hydroxylation is 2. The molecule has 0 aliphatic rings. The zero-order valence-corrected chi connectivity index (χ0v) is 13.6. The number of hydrogen-bond acceptors (Lipinski definition) is 2. The highest BCUT2D eigenvalue weighted by atomic mass is 32.2. The van der Waals surface area contributed by atoms with Crippen molar-refractivity contribution in [2.75, 3.05) is 7.05 Å². The lowest BCUT2D eigenvalue weighted by Gasteiger charge is -2.11. The Morgan fingerprint density at radius 1 is 1.05 bits per heavy atom. The van der Waals surface area contributed by atoms with Gasteiger partial charge in [-0.25, -0.2) is 0 Å². The molecule has 2 heteroatoms. The minimum atomic E-state index is 0.410. The average molecular weight is 285 g/mol. The van der Waals surface area contributed by atoms with Gasteiger partial charge in [-0.05, 0) is 56.6 Å². The van der Waals surface area contributed by atoms with Crippen LogP contribution in [0.3, 0.4) is 0 Å². The number of rotatable bonds is 5. The highest BCUT2D eigenvalue weighted by molar-refractivity contribution is 7.98. The quantitative estimate of drug-likeness (QED) is 0.786. The first-order chi connectivity index (χ1) is 9.60. The molecule has 0 aliphatic carbocycles. The third kappa shape index (κ3) is 3.87. The van der Waals surface area contributed by atoms with Crippen molar-refractivity contribution >= 4 is 11.8 Å². The second kappa shape index (κ2) is 6.96. The molecule has 0 amide bonds. The molecule has 1 nitrogen and oxygen atoms in total. The van der Waals surface area contributed by atoms with Crippen LogP contribution in [0, 0.1) is 13.8 Å². The third-order valence-corrected chi connectivity index (χ3v) is 4.77. The first-order valence-electron chi connectivity index (χ1n) is 7.06. The van der Waals surface area contributed by atoms with Crippen LogP contribution < -0.4 is 5.32 Å². The van der Waals surface area contributed by atoms with Gasteiger partial charge >= 0.3 is 0 Å². The molecule has 0 spiro atoms. The minimum Gasteiger partial charge on any atom is -0.313 e. The molecule has 0 aliphatic heterocycles. The summed E-state index contributed by atoms with van der Waals surface area (Å²) in [6.07, 6.45) is 0. The molecule has 1 atom stereocenters. The van der Waals surface area contributed by atoms with Gasteiger partial charge in [0.1, 0.15) is 0 Å². The largest absolute Gasteiger partial charge is 0.313 e. The van der Waals surface area contributed by atoms with Crippen molar-refractivity contribution in [2.45, 2.75) is 37.5 Å². The van der Waals surface area contributed by atoms with E-state index in [9.17, 15) is 0 Å². The maximum atomic E-state index is 3.27. The second-order valence-electron chi connectivity index (χ2n) is 5.30. The van der Waals surface area contributed by atoms with Crippen molar-refractivity contribution in [2.24, 2.45) is 0 Å². The molecule has 0 radical (unpaired) electrons. The van der Waals surface area contributed by atoms with E-state index in [0.29, 0.717) is 6.04 Å². The van der Waals surface area contributed by atoms with Crippen LogP contribution in [0.5, 0.6) is 0 Å². The summed E-state index contributed by atoms with van der Waals surface area (Å²) in [4.78, 5) is 1.33. The van der Waals surface area contributed by atoms with E-state index < -0.39 is 0 Å². The molecule has 0 fully saturated rings. The van der Waals surface area contributed by atoms with Gasteiger partial charge in [-0.3, -0.25) is 0 Å². The lowest BCUT2D eigenvalue weighted by Crippen LogP contribution is -2.11. The fourth-order valence-electron chi connectivity index (χ4n) is 2.14. The maximum absolute atomic E-state index is 3.27. The van der Waals surface area contributed by atoms with Gasteiger partial charge in [0.15, 0.2) is 0 Å². The molecule has 2 aromatic carbocycles. The van der Waals surface area contributed by atoms with Crippen LogP contribution in [0.25, 0.3) is 0 Å². The van der Waals surface area contributed by atoms with E-state index in [2.05, 4.69) is 68.6 Å². The minimum absolute atomic E-state index is 0.410. The standard InChI is InChI=1S/C18H23NS/c1-13-5-6-14(2)17(11-13)12-20-18-9-7-16(8-10-18)15(3)19-4/h5-11,15,19H,12H2,1-4H3. The summed E-state index contributed by atoms with van der Waals surface area (Å²) in [5.41, 5.74) is 5.49. The predicted molar refractivity (Wildman–Crippen MR) is 89.4 cm³/mol. The van der Waals surface area contributed by atoms with Crippen molar-refractivity contribution in [3.63, 3.8) is 0 Å². The highest BCUT2D eigenvalue weighted by Gasteiger charge is 2.03. The molecular weight excluding hydrogens is 262 g/mol. The van der Waals surface area contributed by atoms with Crippen molar-refractivity contribution in [1.82, 2.24) is 5.32 Å². The van der Waals surface area contributed by atoms with Gasteiger partial charge in [-0.1, -0.05) is 35.9 Å². The molecule has 0 aromatic heterocycles. The fourth-order valence-corrected chi connectivity index (χ4v) is 3.10. The van der Waals surface area contributed by atoms with Crippen LogP contribution in [0.15, 0.2) is 47.4 Å². The SMILES string of the molecule is CNC(C)c1ccc(SCc2cc(C)ccc2C)cc1. The fraction of sp³-hybridized carbons (Fsp3) is 0.333. The second-order valence-corrected chi connectivity index (χ2v) is 6.35. The van der Waals surface area contributed by atoms with Gasteiger partial charge in [0, 0.05) is 16.7 Å². The Balaban J connectivity index is 2.02. The van der Waals surface area contributed by atoms with Gasteiger partial charge in [0.25, 0.3) is 0 Å². The van der Waals surface area contributed by atoms with Crippen LogP contribution in [-0.2, 0) is 5.75 Å². The monoisotopic (exact) mass is 285 g/mol. The predicted octanol–water partition coefficient (Wildman–Crippen LogP) is 4.88. The summed E-state index contributed by atoms with van der Waals surface area (Å²) < 4.78 is 0. The first kappa shape index (κ1) is 15.1. The number of thioether (sulfide) groups is 1. The Morgan fingerprint density at radius 3 is 2.40 bits per heavy atom. The lowest BCUT2D eigenvalue weighted by molar-refractivity contribution is 0.652. The van der Waals surface area contributed by atoms with Gasteiger partial charge in [0.05, 0.1) is 0 Å². The summed E-state index contributed by atoms with van der Waals surface area (Å²) >= 11 is 1.90. The van der Waals surface area contributed by atoms with Crippen molar-refractivity contribution in [1.29, 1.82) is 0 Å². The summed E-state index contributed by atoms with van der Waals surface area (Å²) in [6.45, 7) is 6.52. The summed E-state index contributed by atoms with van der Waals surface area (Å²) in [5.74, 6) is 1.04. The number of benzene rings is 2. The topological polar surface area (TPSA) is 12.0 Å².